The predicted molar refractivity (Wildman–Crippen MR) is 101 cm³/mol. The van der Waals surface area contributed by atoms with Gasteiger partial charge in [-0.05, 0) is 24.1 Å². The highest BCUT2D eigenvalue weighted by Crippen LogP contribution is 2.27. The number of carbonyl (C=O) groups is 2. The first-order chi connectivity index (χ1) is 13.5. The molecule has 2 heterocycles. The van der Waals surface area contributed by atoms with Crippen LogP contribution in [0.1, 0.15) is 29.2 Å². The highest BCUT2D eigenvalue weighted by molar-refractivity contribution is 5.85. The number of benzene rings is 1. The molecule has 0 bridgehead atoms. The molecule has 28 heavy (non-hydrogen) atoms. The number of aryl methyl sites for hydroxylation is 1. The summed E-state index contributed by atoms with van der Waals surface area (Å²) in [4.78, 5) is 26.9. The summed E-state index contributed by atoms with van der Waals surface area (Å²) in [7, 11) is 3.36. The summed E-state index contributed by atoms with van der Waals surface area (Å²) in [6.07, 6.45) is 2.74. The molecule has 0 saturated carbocycles. The fourth-order valence-corrected chi connectivity index (χ4v) is 3.40. The first-order valence-electron chi connectivity index (χ1n) is 9.29. The maximum Gasteiger partial charge on any atom is 0.231 e. The van der Waals surface area contributed by atoms with E-state index in [1.807, 2.05) is 6.20 Å². The molecular weight excluding hydrogens is 363 g/mol. The summed E-state index contributed by atoms with van der Waals surface area (Å²) in [6, 6.07) is 6.22. The smallest absolute Gasteiger partial charge is 0.231 e. The maximum absolute atomic E-state index is 13.0. The van der Waals surface area contributed by atoms with E-state index in [1.165, 1.54) is 12.1 Å². The zero-order chi connectivity index (χ0) is 20.1. The SMILES string of the molecule is COCCC(=O)N1Cc2cn(C)nc2[C@@H](C(=O)NCCc2ccc(F)cc2)C1. The number of halogens is 1. The Balaban J connectivity index is 1.65. The van der Waals surface area contributed by atoms with Gasteiger partial charge in [0.05, 0.1) is 24.6 Å². The third-order valence-electron chi connectivity index (χ3n) is 4.85. The largest absolute Gasteiger partial charge is 0.384 e. The zero-order valence-corrected chi connectivity index (χ0v) is 16.2. The average Bonchev–Trinajstić information content (AvgIpc) is 3.06. The van der Waals surface area contributed by atoms with Crippen LogP contribution < -0.4 is 5.32 Å². The summed E-state index contributed by atoms with van der Waals surface area (Å²) >= 11 is 0. The predicted octanol–water partition coefficient (Wildman–Crippen LogP) is 1.38. The highest BCUT2D eigenvalue weighted by atomic mass is 19.1. The minimum atomic E-state index is -0.510. The molecule has 2 amide bonds. The van der Waals surface area contributed by atoms with Gasteiger partial charge in [-0.15, -0.1) is 0 Å². The zero-order valence-electron chi connectivity index (χ0n) is 16.2. The maximum atomic E-state index is 13.0. The molecule has 0 saturated heterocycles. The third kappa shape index (κ3) is 4.75. The van der Waals surface area contributed by atoms with E-state index in [0.717, 1.165) is 16.8 Å². The van der Waals surface area contributed by atoms with Crippen molar-refractivity contribution in [3.05, 3.63) is 53.1 Å². The molecule has 1 aromatic carbocycles. The van der Waals surface area contributed by atoms with Crippen LogP contribution in [0.2, 0.25) is 0 Å². The Labute approximate surface area is 163 Å². The van der Waals surface area contributed by atoms with Gasteiger partial charge in [-0.2, -0.15) is 5.10 Å². The van der Waals surface area contributed by atoms with Crippen molar-refractivity contribution in [1.29, 1.82) is 0 Å². The van der Waals surface area contributed by atoms with Crippen LogP contribution in [0.4, 0.5) is 4.39 Å². The van der Waals surface area contributed by atoms with E-state index in [-0.39, 0.29) is 24.1 Å². The number of nitrogens with zero attached hydrogens (tertiary/aromatic N) is 3. The number of rotatable bonds is 7. The molecule has 0 aliphatic carbocycles. The first kappa shape index (κ1) is 20.0. The summed E-state index contributed by atoms with van der Waals surface area (Å²) in [5, 5.41) is 7.36. The van der Waals surface area contributed by atoms with Gasteiger partial charge in [-0.25, -0.2) is 4.39 Å². The Hall–Kier alpha value is -2.74. The van der Waals surface area contributed by atoms with Crippen LogP contribution in [0, 0.1) is 5.82 Å². The molecule has 0 spiro atoms. The molecule has 0 unspecified atom stereocenters. The van der Waals surface area contributed by atoms with Crippen LogP contribution in [0.15, 0.2) is 30.5 Å². The number of hydrogen-bond acceptors (Lipinski definition) is 4. The van der Waals surface area contributed by atoms with Crippen molar-refractivity contribution in [2.45, 2.75) is 25.3 Å². The minimum Gasteiger partial charge on any atom is -0.384 e. The molecule has 0 fully saturated rings. The van der Waals surface area contributed by atoms with Crippen LogP contribution in [0.5, 0.6) is 0 Å². The van der Waals surface area contributed by atoms with Gasteiger partial charge in [0.15, 0.2) is 0 Å². The quantitative estimate of drug-likeness (QED) is 0.778. The van der Waals surface area contributed by atoms with Crippen molar-refractivity contribution in [2.75, 3.05) is 26.8 Å². The normalized spacial score (nSPS) is 16.0. The third-order valence-corrected chi connectivity index (χ3v) is 4.85. The molecule has 8 heteroatoms. The van der Waals surface area contributed by atoms with Crippen molar-refractivity contribution in [3.63, 3.8) is 0 Å². The molecule has 3 rings (SSSR count). The first-order valence-corrected chi connectivity index (χ1v) is 9.29. The summed E-state index contributed by atoms with van der Waals surface area (Å²) < 4.78 is 19.6. The van der Waals surface area contributed by atoms with Crippen molar-refractivity contribution in [3.8, 4) is 0 Å². The lowest BCUT2D eigenvalue weighted by atomic mass is 9.95. The Bertz CT molecular complexity index is 834. The van der Waals surface area contributed by atoms with Crippen LogP contribution in [-0.2, 0) is 34.3 Å². The number of ether oxygens (including phenoxy) is 1. The van der Waals surface area contributed by atoms with Gasteiger partial charge in [0, 0.05) is 45.6 Å². The van der Waals surface area contributed by atoms with Gasteiger partial charge in [-0.1, -0.05) is 12.1 Å². The molecule has 1 atom stereocenters. The monoisotopic (exact) mass is 388 g/mol. The lowest BCUT2D eigenvalue weighted by Crippen LogP contribution is -2.44. The van der Waals surface area contributed by atoms with E-state index < -0.39 is 5.92 Å². The number of aromatic nitrogens is 2. The van der Waals surface area contributed by atoms with Crippen molar-refractivity contribution < 1.29 is 18.7 Å². The van der Waals surface area contributed by atoms with Gasteiger partial charge in [0.1, 0.15) is 5.82 Å². The summed E-state index contributed by atoms with van der Waals surface area (Å²) in [5.74, 6) is -0.993. The Kier molecular flexibility index (Phi) is 6.41. The second-order valence-corrected chi connectivity index (χ2v) is 6.95. The highest BCUT2D eigenvalue weighted by Gasteiger charge is 2.34. The van der Waals surface area contributed by atoms with E-state index in [9.17, 15) is 14.0 Å². The molecule has 0 radical (unpaired) electrons. The number of amides is 2. The van der Waals surface area contributed by atoms with Gasteiger partial charge in [0.2, 0.25) is 11.8 Å². The second-order valence-electron chi connectivity index (χ2n) is 6.95. The summed E-state index contributed by atoms with van der Waals surface area (Å²) in [5.41, 5.74) is 2.55. The van der Waals surface area contributed by atoms with Gasteiger partial charge in [-0.3, -0.25) is 14.3 Å². The fourth-order valence-electron chi connectivity index (χ4n) is 3.40. The van der Waals surface area contributed by atoms with Crippen molar-refractivity contribution >= 4 is 11.8 Å². The molecule has 150 valence electrons. The van der Waals surface area contributed by atoms with Crippen molar-refractivity contribution in [2.24, 2.45) is 7.05 Å². The Morgan fingerprint density at radius 3 is 2.79 bits per heavy atom. The van der Waals surface area contributed by atoms with Crippen LogP contribution in [0.3, 0.4) is 0 Å². The van der Waals surface area contributed by atoms with E-state index in [4.69, 9.17) is 4.74 Å². The standard InChI is InChI=1S/C20H25FN4O3/c1-24-11-15-12-25(18(26)8-10-28-2)13-17(19(15)23-24)20(27)22-9-7-14-3-5-16(21)6-4-14/h3-6,11,17H,7-10,12-13H2,1-2H3,(H,22,27)/t17-/m0/s1. The molecule has 7 nitrogen and oxygen atoms in total. The van der Waals surface area contributed by atoms with E-state index in [2.05, 4.69) is 10.4 Å². The molecule has 1 N–H and O–H groups in total. The summed E-state index contributed by atoms with van der Waals surface area (Å²) in [6.45, 7) is 1.53. The number of hydrogen-bond donors (Lipinski definition) is 1. The molecule has 2 aromatic rings. The van der Waals surface area contributed by atoms with Gasteiger partial charge >= 0.3 is 0 Å². The van der Waals surface area contributed by atoms with E-state index in [1.54, 1.807) is 35.9 Å². The second kappa shape index (κ2) is 8.97. The lowest BCUT2D eigenvalue weighted by Gasteiger charge is -2.31. The number of methoxy groups -OCH3 is 1. The number of fused-ring (bicyclic) bond motifs is 1. The molecule has 1 aliphatic heterocycles. The van der Waals surface area contributed by atoms with Crippen molar-refractivity contribution in [1.82, 2.24) is 20.0 Å². The van der Waals surface area contributed by atoms with Gasteiger partial charge in [0.25, 0.3) is 0 Å². The average molecular weight is 388 g/mol. The minimum absolute atomic E-state index is 0.0412. The fraction of sp³-hybridized carbons (Fsp3) is 0.450. The van der Waals surface area contributed by atoms with Crippen LogP contribution in [0.25, 0.3) is 0 Å². The van der Waals surface area contributed by atoms with Crippen LogP contribution >= 0.6 is 0 Å². The lowest BCUT2D eigenvalue weighted by molar-refractivity contribution is -0.134. The number of carbonyl (C=O) groups excluding carboxylic acids is 2. The van der Waals surface area contributed by atoms with Gasteiger partial charge < -0.3 is 15.0 Å². The topological polar surface area (TPSA) is 76.5 Å². The Morgan fingerprint density at radius 1 is 1.32 bits per heavy atom. The molecule has 1 aliphatic rings. The number of nitrogens with one attached hydrogen (secondary N) is 1. The molecular formula is C20H25FN4O3. The van der Waals surface area contributed by atoms with Crippen LogP contribution in [-0.4, -0.2) is 53.3 Å². The Morgan fingerprint density at radius 2 is 2.07 bits per heavy atom. The molecule has 1 aromatic heterocycles. The van der Waals surface area contributed by atoms with E-state index in [0.29, 0.717) is 32.7 Å². The van der Waals surface area contributed by atoms with E-state index >= 15 is 0 Å².